The summed E-state index contributed by atoms with van der Waals surface area (Å²) in [4.78, 5) is 16.7. The van der Waals surface area contributed by atoms with Gasteiger partial charge in [0.05, 0.1) is 24.4 Å². The van der Waals surface area contributed by atoms with Crippen molar-refractivity contribution in [2.24, 2.45) is 0 Å². The lowest BCUT2D eigenvalue weighted by atomic mass is 10.2. The first-order valence-electron chi connectivity index (χ1n) is 8.41. The van der Waals surface area contributed by atoms with Gasteiger partial charge in [-0.3, -0.25) is 9.69 Å². The molecule has 7 heteroatoms. The molecule has 1 aliphatic rings. The molecule has 26 heavy (non-hydrogen) atoms. The number of anilines is 2. The summed E-state index contributed by atoms with van der Waals surface area (Å²) in [5.41, 5.74) is 1.68. The molecule has 0 spiro atoms. The van der Waals surface area contributed by atoms with Gasteiger partial charge in [0.25, 0.3) is 0 Å². The smallest absolute Gasteiger partial charge is 0.238 e. The van der Waals surface area contributed by atoms with Gasteiger partial charge in [0.2, 0.25) is 5.91 Å². The zero-order chi connectivity index (χ0) is 18.5. The van der Waals surface area contributed by atoms with Crippen molar-refractivity contribution in [1.29, 1.82) is 0 Å². The van der Waals surface area contributed by atoms with E-state index in [4.69, 9.17) is 27.9 Å². The summed E-state index contributed by atoms with van der Waals surface area (Å²) in [7, 11) is 1.67. The van der Waals surface area contributed by atoms with Crippen molar-refractivity contribution in [2.75, 3.05) is 50.1 Å². The van der Waals surface area contributed by atoms with Crippen LogP contribution in [0, 0.1) is 0 Å². The van der Waals surface area contributed by atoms with Gasteiger partial charge in [-0.15, -0.1) is 0 Å². The number of nitrogens with zero attached hydrogens (tertiary/aromatic N) is 2. The van der Waals surface area contributed by atoms with E-state index < -0.39 is 0 Å². The van der Waals surface area contributed by atoms with Crippen LogP contribution < -0.4 is 15.0 Å². The highest BCUT2D eigenvalue weighted by Gasteiger charge is 2.20. The Bertz CT molecular complexity index is 777. The van der Waals surface area contributed by atoms with E-state index in [0.717, 1.165) is 37.6 Å². The Hall–Kier alpha value is -1.95. The number of carbonyl (C=O) groups excluding carboxylic acids is 1. The van der Waals surface area contributed by atoms with Crippen molar-refractivity contribution in [3.63, 3.8) is 0 Å². The first-order valence-corrected chi connectivity index (χ1v) is 9.17. The highest BCUT2D eigenvalue weighted by molar-refractivity contribution is 6.35. The number of hydrogen-bond donors (Lipinski definition) is 1. The molecule has 5 nitrogen and oxygen atoms in total. The number of halogens is 2. The number of ether oxygens (including phenoxy) is 1. The van der Waals surface area contributed by atoms with E-state index in [2.05, 4.69) is 21.2 Å². The summed E-state index contributed by atoms with van der Waals surface area (Å²) in [6, 6.07) is 13.1. The number of rotatable bonds is 5. The average Bonchev–Trinajstić information content (AvgIpc) is 2.65. The van der Waals surface area contributed by atoms with Crippen molar-refractivity contribution in [2.45, 2.75) is 0 Å². The molecule has 0 aromatic heterocycles. The Morgan fingerprint density at radius 2 is 1.88 bits per heavy atom. The maximum absolute atomic E-state index is 12.3. The minimum Gasteiger partial charge on any atom is -0.497 e. The molecule has 0 unspecified atom stereocenters. The second-order valence-electron chi connectivity index (χ2n) is 6.14. The predicted molar refractivity (Wildman–Crippen MR) is 107 cm³/mol. The van der Waals surface area contributed by atoms with Crippen molar-refractivity contribution in [1.82, 2.24) is 4.90 Å². The zero-order valence-corrected chi connectivity index (χ0v) is 16.1. The third kappa shape index (κ3) is 4.81. The molecule has 2 aromatic rings. The van der Waals surface area contributed by atoms with Crippen LogP contribution in [0.25, 0.3) is 0 Å². The van der Waals surface area contributed by atoms with Gasteiger partial charge in [-0.25, -0.2) is 0 Å². The summed E-state index contributed by atoms with van der Waals surface area (Å²) in [6.45, 7) is 3.67. The molecule has 0 radical (unpaired) electrons. The molecule has 138 valence electrons. The van der Waals surface area contributed by atoms with Crippen molar-refractivity contribution in [3.05, 3.63) is 52.5 Å². The lowest BCUT2D eigenvalue weighted by Gasteiger charge is -2.35. The van der Waals surface area contributed by atoms with Crippen LogP contribution in [0.15, 0.2) is 42.5 Å². The van der Waals surface area contributed by atoms with Gasteiger partial charge < -0.3 is 15.0 Å². The van der Waals surface area contributed by atoms with Crippen molar-refractivity contribution >= 4 is 40.5 Å². The third-order valence-electron chi connectivity index (χ3n) is 4.36. The van der Waals surface area contributed by atoms with E-state index in [1.807, 2.05) is 18.2 Å². The van der Waals surface area contributed by atoms with Gasteiger partial charge in [0, 0.05) is 43.0 Å². The molecule has 1 fully saturated rings. The van der Waals surface area contributed by atoms with Gasteiger partial charge in [-0.05, 0) is 30.3 Å². The lowest BCUT2D eigenvalue weighted by molar-refractivity contribution is -0.117. The number of methoxy groups -OCH3 is 1. The molecule has 1 aliphatic heterocycles. The molecule has 0 aliphatic carbocycles. The van der Waals surface area contributed by atoms with Gasteiger partial charge in [0.15, 0.2) is 0 Å². The van der Waals surface area contributed by atoms with Gasteiger partial charge in [-0.2, -0.15) is 0 Å². The van der Waals surface area contributed by atoms with Crippen LogP contribution in [0.4, 0.5) is 11.4 Å². The molecule has 0 bridgehead atoms. The number of amides is 1. The van der Waals surface area contributed by atoms with Gasteiger partial charge in [0.1, 0.15) is 5.75 Å². The number of piperazine rings is 1. The van der Waals surface area contributed by atoms with Crippen LogP contribution in [0.3, 0.4) is 0 Å². The molecule has 1 heterocycles. The summed E-state index contributed by atoms with van der Waals surface area (Å²) in [6.07, 6.45) is 0. The van der Waals surface area contributed by atoms with Crippen LogP contribution >= 0.6 is 23.2 Å². The van der Waals surface area contributed by atoms with Crippen LogP contribution in [-0.2, 0) is 4.79 Å². The second-order valence-corrected chi connectivity index (χ2v) is 6.98. The fourth-order valence-electron chi connectivity index (χ4n) is 2.96. The maximum atomic E-state index is 12.3. The molecule has 0 saturated carbocycles. The summed E-state index contributed by atoms with van der Waals surface area (Å²) >= 11 is 12.0. The molecule has 0 atom stereocenters. The zero-order valence-electron chi connectivity index (χ0n) is 14.5. The molecular formula is C19H21Cl2N3O2. The van der Waals surface area contributed by atoms with Crippen LogP contribution in [0.2, 0.25) is 10.0 Å². The Labute approximate surface area is 163 Å². The summed E-state index contributed by atoms with van der Waals surface area (Å²) < 4.78 is 5.28. The highest BCUT2D eigenvalue weighted by Crippen LogP contribution is 2.25. The van der Waals surface area contributed by atoms with E-state index >= 15 is 0 Å². The monoisotopic (exact) mass is 393 g/mol. The Kier molecular flexibility index (Phi) is 6.25. The minimum absolute atomic E-state index is 0.0935. The highest BCUT2D eigenvalue weighted by atomic mass is 35.5. The lowest BCUT2D eigenvalue weighted by Crippen LogP contribution is -2.48. The van der Waals surface area contributed by atoms with E-state index in [1.54, 1.807) is 25.3 Å². The SMILES string of the molecule is COc1cccc(N2CCN(CC(=O)Nc3cc(Cl)ccc3Cl)CC2)c1. The van der Waals surface area contributed by atoms with Gasteiger partial charge >= 0.3 is 0 Å². The molecule has 1 saturated heterocycles. The predicted octanol–water partition coefficient (Wildman–Crippen LogP) is 3.76. The second kappa shape index (κ2) is 8.62. The molecule has 2 aromatic carbocycles. The van der Waals surface area contributed by atoms with Crippen LogP contribution in [0.5, 0.6) is 5.75 Å². The Morgan fingerprint density at radius 1 is 1.12 bits per heavy atom. The Morgan fingerprint density at radius 3 is 2.62 bits per heavy atom. The number of benzene rings is 2. The van der Waals surface area contributed by atoms with Crippen molar-refractivity contribution < 1.29 is 9.53 Å². The average molecular weight is 394 g/mol. The normalized spacial score (nSPS) is 15.0. The van der Waals surface area contributed by atoms with Crippen LogP contribution in [-0.4, -0.2) is 50.6 Å². The first kappa shape index (κ1) is 18.8. The third-order valence-corrected chi connectivity index (χ3v) is 4.93. The largest absolute Gasteiger partial charge is 0.497 e. The van der Waals surface area contributed by atoms with E-state index in [0.29, 0.717) is 22.3 Å². The van der Waals surface area contributed by atoms with Crippen molar-refractivity contribution in [3.8, 4) is 5.75 Å². The maximum Gasteiger partial charge on any atom is 0.238 e. The Balaban J connectivity index is 1.52. The standard InChI is InChI=1S/C19H21Cl2N3O2/c1-26-16-4-2-3-15(12-16)24-9-7-23(8-10-24)13-19(25)22-18-11-14(20)5-6-17(18)21/h2-6,11-12H,7-10,13H2,1H3,(H,22,25). The molecule has 3 rings (SSSR count). The first-order chi connectivity index (χ1) is 12.5. The fraction of sp³-hybridized carbons (Fsp3) is 0.316. The van der Waals surface area contributed by atoms with E-state index in [9.17, 15) is 4.79 Å². The van der Waals surface area contributed by atoms with E-state index in [-0.39, 0.29) is 5.91 Å². The quantitative estimate of drug-likeness (QED) is 0.839. The number of carbonyl (C=O) groups is 1. The fourth-order valence-corrected chi connectivity index (χ4v) is 3.29. The van der Waals surface area contributed by atoms with E-state index in [1.165, 1.54) is 0 Å². The minimum atomic E-state index is -0.0935. The van der Waals surface area contributed by atoms with Gasteiger partial charge in [-0.1, -0.05) is 29.3 Å². The number of nitrogens with one attached hydrogen (secondary N) is 1. The molecule has 1 amide bonds. The molecular weight excluding hydrogens is 373 g/mol. The number of hydrogen-bond acceptors (Lipinski definition) is 4. The topological polar surface area (TPSA) is 44.8 Å². The molecule has 1 N–H and O–H groups in total. The summed E-state index contributed by atoms with van der Waals surface area (Å²) in [5.74, 6) is 0.756. The summed E-state index contributed by atoms with van der Waals surface area (Å²) in [5, 5.41) is 3.85. The van der Waals surface area contributed by atoms with Crippen LogP contribution in [0.1, 0.15) is 0 Å².